The van der Waals surface area contributed by atoms with Crippen molar-refractivity contribution in [3.63, 3.8) is 0 Å². The number of carbonyl (C=O) groups is 1. The third kappa shape index (κ3) is 5.64. The maximum absolute atomic E-state index is 13.3. The quantitative estimate of drug-likeness (QED) is 0.278. The van der Waals surface area contributed by atoms with Crippen molar-refractivity contribution in [3.05, 3.63) is 72.5 Å². The molecule has 1 amide bonds. The molecule has 0 atom stereocenters. The predicted octanol–water partition coefficient (Wildman–Crippen LogP) is 6.52. The second kappa shape index (κ2) is 10.4. The second-order valence-electron chi connectivity index (χ2n) is 11.6. The zero-order valence-corrected chi connectivity index (χ0v) is 21.3. The number of halogens is 1. The van der Waals surface area contributed by atoms with Crippen LogP contribution in [-0.4, -0.2) is 24.0 Å². The molecule has 4 aliphatic rings. The number of aromatic nitrogens is 1. The molecule has 4 bridgehead atoms. The van der Waals surface area contributed by atoms with Crippen molar-refractivity contribution >= 4 is 28.3 Å². The summed E-state index contributed by atoms with van der Waals surface area (Å²) in [6.07, 6.45) is 9.49. The second-order valence-corrected chi connectivity index (χ2v) is 11.6. The Labute approximate surface area is 218 Å². The molecule has 2 aromatic carbocycles. The fourth-order valence-electron chi connectivity index (χ4n) is 7.60. The van der Waals surface area contributed by atoms with Gasteiger partial charge in [0.25, 0.3) is 0 Å². The number of anilines is 2. The first-order chi connectivity index (χ1) is 18.0. The van der Waals surface area contributed by atoms with Crippen LogP contribution in [0.1, 0.15) is 56.9 Å². The van der Waals surface area contributed by atoms with Crippen molar-refractivity contribution in [2.45, 2.75) is 51.4 Å². The van der Waals surface area contributed by atoms with Gasteiger partial charge in [0, 0.05) is 18.4 Å². The molecule has 1 aromatic heterocycles. The van der Waals surface area contributed by atoms with Crippen molar-refractivity contribution in [3.8, 4) is 0 Å². The third-order valence-corrected chi connectivity index (χ3v) is 8.63. The topological polar surface area (TPSA) is 66.0 Å². The Morgan fingerprint density at radius 3 is 2.49 bits per heavy atom. The summed E-state index contributed by atoms with van der Waals surface area (Å²) in [6, 6.07) is 16.5. The zero-order valence-electron chi connectivity index (χ0n) is 21.3. The van der Waals surface area contributed by atoms with Gasteiger partial charge < -0.3 is 16.0 Å². The van der Waals surface area contributed by atoms with E-state index in [-0.39, 0.29) is 17.1 Å². The number of amides is 1. The number of fused-ring (bicyclic) bond motifs is 1. The molecular formula is C31H36FN4O. The van der Waals surface area contributed by atoms with Gasteiger partial charge in [-0.1, -0.05) is 18.2 Å². The maximum atomic E-state index is 13.3. The van der Waals surface area contributed by atoms with Gasteiger partial charge in [-0.15, -0.1) is 0 Å². The van der Waals surface area contributed by atoms with E-state index in [2.05, 4.69) is 16.0 Å². The minimum atomic E-state index is -0.232. The van der Waals surface area contributed by atoms with E-state index in [1.807, 2.05) is 42.9 Å². The van der Waals surface area contributed by atoms with E-state index < -0.39 is 0 Å². The molecule has 3 aromatic rings. The van der Waals surface area contributed by atoms with E-state index in [1.165, 1.54) is 50.7 Å². The Hall–Kier alpha value is -2.99. The molecule has 0 saturated heterocycles. The van der Waals surface area contributed by atoms with Crippen LogP contribution in [0.25, 0.3) is 10.9 Å². The number of benzene rings is 2. The molecule has 4 aliphatic carbocycles. The minimum Gasteiger partial charge on any atom is -0.370 e. The largest absolute Gasteiger partial charge is 0.370 e. The number of pyridine rings is 1. The number of hydrogen-bond donors (Lipinski definition) is 3. The van der Waals surface area contributed by atoms with Crippen LogP contribution >= 0.6 is 0 Å². The van der Waals surface area contributed by atoms with Gasteiger partial charge in [-0.2, -0.15) is 0 Å². The van der Waals surface area contributed by atoms with Crippen molar-refractivity contribution in [1.82, 2.24) is 10.3 Å². The Balaban J connectivity index is 1.01. The van der Waals surface area contributed by atoms with Gasteiger partial charge in [0.15, 0.2) is 0 Å². The molecular weight excluding hydrogens is 463 g/mol. The number of carbonyl (C=O) groups excluding carboxylic acids is 1. The van der Waals surface area contributed by atoms with Crippen molar-refractivity contribution in [1.29, 1.82) is 0 Å². The van der Waals surface area contributed by atoms with E-state index in [0.29, 0.717) is 6.42 Å². The molecule has 193 valence electrons. The van der Waals surface area contributed by atoms with Crippen LogP contribution in [0.4, 0.5) is 15.9 Å². The molecule has 1 heterocycles. The highest BCUT2D eigenvalue weighted by molar-refractivity contribution is 6.01. The summed E-state index contributed by atoms with van der Waals surface area (Å²) in [5, 5.41) is 10.8. The monoisotopic (exact) mass is 499 g/mol. The summed E-state index contributed by atoms with van der Waals surface area (Å²) in [6.45, 7) is 3.37. The highest BCUT2D eigenvalue weighted by atomic mass is 19.1. The van der Waals surface area contributed by atoms with Crippen LogP contribution < -0.4 is 16.0 Å². The van der Waals surface area contributed by atoms with E-state index in [4.69, 9.17) is 4.98 Å². The van der Waals surface area contributed by atoms with Crippen LogP contribution in [-0.2, 0) is 4.79 Å². The van der Waals surface area contributed by atoms with E-state index in [9.17, 15) is 9.18 Å². The lowest BCUT2D eigenvalue weighted by Crippen LogP contribution is -2.47. The lowest BCUT2D eigenvalue weighted by molar-refractivity contribution is -0.124. The highest BCUT2D eigenvalue weighted by Crippen LogP contribution is 2.61. The lowest BCUT2D eigenvalue weighted by atomic mass is 9.49. The molecule has 6 heteroatoms. The molecule has 1 radical (unpaired) electrons. The molecule has 37 heavy (non-hydrogen) atoms. The number of hydrogen-bond acceptors (Lipinski definition) is 4. The van der Waals surface area contributed by atoms with Crippen LogP contribution in [0, 0.1) is 35.5 Å². The standard InChI is InChI=1S/C31H36FN4O/c32-25-5-1-4-21(15-25)20-33-10-3-11-34-29-9-8-26-27(35-29)6-2-7-28(26)36-30(37)19-31-16-22-12-23(17-31)14-24(13-22)18-31/h1-2,4-9,15,20,22-24,33H,3,10-14,16-19H2,(H,34,35)(H,36,37). The van der Waals surface area contributed by atoms with Crippen LogP contribution in [0.2, 0.25) is 0 Å². The number of rotatable bonds is 10. The highest BCUT2D eigenvalue weighted by Gasteiger charge is 2.51. The summed E-state index contributed by atoms with van der Waals surface area (Å²) < 4.78 is 13.3. The average molecular weight is 500 g/mol. The molecule has 7 rings (SSSR count). The Kier molecular flexibility index (Phi) is 6.85. The van der Waals surface area contributed by atoms with E-state index in [0.717, 1.165) is 65.2 Å². The minimum absolute atomic E-state index is 0.152. The molecule has 3 N–H and O–H groups in total. The van der Waals surface area contributed by atoms with Gasteiger partial charge in [0.2, 0.25) is 5.91 Å². The average Bonchev–Trinajstić information content (AvgIpc) is 2.85. The smallest absolute Gasteiger partial charge is 0.224 e. The van der Waals surface area contributed by atoms with Gasteiger partial charge in [-0.25, -0.2) is 9.37 Å². The fraction of sp³-hybridized carbons (Fsp3) is 0.452. The predicted molar refractivity (Wildman–Crippen MR) is 147 cm³/mol. The SMILES string of the molecule is O=C(CC12CC3CC(CC(C3)C1)C2)Nc1cccc2nc(NCCCN[CH]c3cccc(F)c3)ccc12. The van der Waals surface area contributed by atoms with Crippen molar-refractivity contribution in [2.24, 2.45) is 23.2 Å². The summed E-state index contributed by atoms with van der Waals surface area (Å²) in [4.78, 5) is 17.9. The maximum Gasteiger partial charge on any atom is 0.224 e. The summed E-state index contributed by atoms with van der Waals surface area (Å²) in [5.41, 5.74) is 2.78. The Morgan fingerprint density at radius 2 is 1.73 bits per heavy atom. The molecule has 0 aliphatic heterocycles. The molecule has 4 fully saturated rings. The lowest BCUT2D eigenvalue weighted by Gasteiger charge is -2.56. The summed E-state index contributed by atoms with van der Waals surface area (Å²) in [5.74, 6) is 3.31. The molecule has 4 saturated carbocycles. The fourth-order valence-corrected chi connectivity index (χ4v) is 7.60. The number of nitrogens with one attached hydrogen (secondary N) is 3. The molecule has 0 unspecified atom stereocenters. The van der Waals surface area contributed by atoms with Crippen LogP contribution in [0.5, 0.6) is 0 Å². The first-order valence-electron chi connectivity index (χ1n) is 13.8. The Bertz CT molecular complexity index is 1240. The summed E-state index contributed by atoms with van der Waals surface area (Å²) in [7, 11) is 0. The van der Waals surface area contributed by atoms with Gasteiger partial charge in [0.1, 0.15) is 11.6 Å². The van der Waals surface area contributed by atoms with Crippen LogP contribution in [0.15, 0.2) is 54.6 Å². The first kappa shape index (κ1) is 24.4. The van der Waals surface area contributed by atoms with E-state index in [1.54, 1.807) is 6.07 Å². The number of nitrogens with zero attached hydrogens (tertiary/aromatic N) is 1. The van der Waals surface area contributed by atoms with Gasteiger partial charge >= 0.3 is 0 Å². The van der Waals surface area contributed by atoms with E-state index >= 15 is 0 Å². The van der Waals surface area contributed by atoms with Crippen molar-refractivity contribution in [2.75, 3.05) is 23.7 Å². The zero-order chi connectivity index (χ0) is 25.2. The molecule has 0 spiro atoms. The third-order valence-electron chi connectivity index (χ3n) is 8.63. The van der Waals surface area contributed by atoms with Gasteiger partial charge in [-0.3, -0.25) is 4.79 Å². The Morgan fingerprint density at radius 1 is 0.973 bits per heavy atom. The normalized spacial score (nSPS) is 25.9. The first-order valence-corrected chi connectivity index (χ1v) is 13.8. The van der Waals surface area contributed by atoms with Crippen molar-refractivity contribution < 1.29 is 9.18 Å². The van der Waals surface area contributed by atoms with Crippen LogP contribution in [0.3, 0.4) is 0 Å². The van der Waals surface area contributed by atoms with Gasteiger partial charge in [-0.05, 0) is 117 Å². The summed E-state index contributed by atoms with van der Waals surface area (Å²) >= 11 is 0. The van der Waals surface area contributed by atoms with Gasteiger partial charge in [0.05, 0.1) is 17.7 Å². The molecule has 5 nitrogen and oxygen atoms in total.